The molecule has 0 fully saturated rings. The van der Waals surface area contributed by atoms with E-state index in [1.54, 1.807) is 31.4 Å². The van der Waals surface area contributed by atoms with Gasteiger partial charge in [-0.05, 0) is 69.5 Å². The maximum atomic E-state index is 12.7. The number of benzene rings is 3. The van der Waals surface area contributed by atoms with Crippen LogP contribution in [-0.2, 0) is 11.4 Å². The Hall–Kier alpha value is -3.76. The molecule has 0 bridgehead atoms. The molecular weight excluding hydrogens is 482 g/mol. The molecule has 3 aromatic carbocycles. The van der Waals surface area contributed by atoms with E-state index in [1.165, 1.54) is 6.08 Å². The molecule has 0 aromatic heterocycles. The predicted octanol–water partition coefficient (Wildman–Crippen LogP) is 5.65. The Morgan fingerprint density at radius 3 is 2.42 bits per heavy atom. The third-order valence-corrected chi connectivity index (χ3v) is 5.38. The first-order chi connectivity index (χ1) is 15.9. The maximum Gasteiger partial charge on any atom is 0.266 e. The maximum absolute atomic E-state index is 12.7. The van der Waals surface area contributed by atoms with Crippen molar-refractivity contribution >= 4 is 39.3 Å². The summed E-state index contributed by atoms with van der Waals surface area (Å²) in [4.78, 5) is 14.6. The largest absolute Gasteiger partial charge is 0.493 e. The number of amides is 1. The first-order valence-corrected chi connectivity index (χ1v) is 11.0. The summed E-state index contributed by atoms with van der Waals surface area (Å²) < 4.78 is 12.1. The molecule has 0 aliphatic carbocycles. The second-order valence-electron chi connectivity index (χ2n) is 7.37. The van der Waals surface area contributed by atoms with Crippen LogP contribution in [-0.4, -0.2) is 27.1 Å². The van der Waals surface area contributed by atoms with Crippen molar-refractivity contribution in [2.45, 2.75) is 6.61 Å². The highest BCUT2D eigenvalue weighted by molar-refractivity contribution is 9.10. The molecule has 0 aliphatic heterocycles. The number of carbonyl (C=O) groups excluding carboxylic acids is 1. The number of methoxy groups -OCH3 is 1. The number of hydrogen-bond acceptors (Lipinski definition) is 5. The average molecular weight is 506 g/mol. The third-order valence-electron chi connectivity index (χ3n) is 4.80. The van der Waals surface area contributed by atoms with Gasteiger partial charge in [0, 0.05) is 25.5 Å². The van der Waals surface area contributed by atoms with E-state index in [4.69, 9.17) is 9.47 Å². The second-order valence-corrected chi connectivity index (χ2v) is 8.23. The lowest BCUT2D eigenvalue weighted by Gasteiger charge is -2.14. The van der Waals surface area contributed by atoms with Gasteiger partial charge in [-0.2, -0.15) is 5.26 Å². The number of carbonyl (C=O) groups is 1. The first-order valence-electron chi connectivity index (χ1n) is 10.2. The lowest BCUT2D eigenvalue weighted by atomic mass is 10.1. The summed E-state index contributed by atoms with van der Waals surface area (Å²) in [5, 5.41) is 12.3. The number of nitrogens with one attached hydrogen (secondary N) is 1. The standard InChI is InChI=1S/C26H24BrN3O3/c1-30(2)22-11-9-21(10-12-22)29-26(31)20(16-28)13-19-14-23(27)25(24(15-19)32-3)33-17-18-7-5-4-6-8-18/h4-15H,17H2,1-3H3,(H,29,31)/b20-13-. The number of nitrogens with zero attached hydrogens (tertiary/aromatic N) is 2. The van der Waals surface area contributed by atoms with Gasteiger partial charge in [0.05, 0.1) is 11.6 Å². The van der Waals surface area contributed by atoms with E-state index in [1.807, 2.05) is 67.5 Å². The van der Waals surface area contributed by atoms with Gasteiger partial charge in [-0.25, -0.2) is 0 Å². The normalized spacial score (nSPS) is 10.8. The van der Waals surface area contributed by atoms with Crippen LogP contribution in [0.5, 0.6) is 11.5 Å². The molecule has 0 heterocycles. The number of rotatable bonds is 8. The van der Waals surface area contributed by atoms with E-state index in [0.29, 0.717) is 33.8 Å². The first kappa shape index (κ1) is 23.9. The Morgan fingerprint density at radius 2 is 1.82 bits per heavy atom. The van der Waals surface area contributed by atoms with Crippen LogP contribution in [0, 0.1) is 11.3 Å². The van der Waals surface area contributed by atoms with Crippen LogP contribution in [0.2, 0.25) is 0 Å². The highest BCUT2D eigenvalue weighted by atomic mass is 79.9. The number of anilines is 2. The van der Waals surface area contributed by atoms with Crippen LogP contribution in [0.15, 0.2) is 76.8 Å². The van der Waals surface area contributed by atoms with Crippen molar-refractivity contribution in [2.24, 2.45) is 0 Å². The monoisotopic (exact) mass is 505 g/mol. The minimum absolute atomic E-state index is 0.0291. The van der Waals surface area contributed by atoms with E-state index in [2.05, 4.69) is 21.2 Å². The zero-order chi connectivity index (χ0) is 23.8. The SMILES string of the molecule is COc1cc(/C=C(/C#N)C(=O)Nc2ccc(N(C)C)cc2)cc(Br)c1OCc1ccccc1. The summed E-state index contributed by atoms with van der Waals surface area (Å²) in [5.41, 5.74) is 3.24. The van der Waals surface area contributed by atoms with Gasteiger partial charge in [-0.3, -0.25) is 4.79 Å². The van der Waals surface area contributed by atoms with E-state index in [9.17, 15) is 10.1 Å². The van der Waals surface area contributed by atoms with Crippen LogP contribution in [0.3, 0.4) is 0 Å². The summed E-state index contributed by atoms with van der Waals surface area (Å²) in [6.45, 7) is 0.378. The molecule has 33 heavy (non-hydrogen) atoms. The molecule has 0 atom stereocenters. The van der Waals surface area contributed by atoms with E-state index < -0.39 is 5.91 Å². The smallest absolute Gasteiger partial charge is 0.266 e. The minimum Gasteiger partial charge on any atom is -0.493 e. The molecule has 6 nitrogen and oxygen atoms in total. The topological polar surface area (TPSA) is 74.6 Å². The molecular formula is C26H24BrN3O3. The number of nitriles is 1. The summed E-state index contributed by atoms with van der Waals surface area (Å²) in [7, 11) is 5.42. The second kappa shape index (κ2) is 11.2. The molecule has 0 unspecified atom stereocenters. The summed E-state index contributed by atoms with van der Waals surface area (Å²) in [5.74, 6) is 0.542. The molecule has 0 spiro atoms. The van der Waals surface area contributed by atoms with Crippen LogP contribution in [0.1, 0.15) is 11.1 Å². The fourth-order valence-electron chi connectivity index (χ4n) is 3.05. The van der Waals surface area contributed by atoms with E-state index in [-0.39, 0.29) is 5.57 Å². The quantitative estimate of drug-likeness (QED) is 0.316. The zero-order valence-electron chi connectivity index (χ0n) is 18.6. The predicted molar refractivity (Wildman–Crippen MR) is 134 cm³/mol. The molecule has 3 rings (SSSR count). The van der Waals surface area contributed by atoms with Gasteiger partial charge in [0.25, 0.3) is 5.91 Å². The van der Waals surface area contributed by atoms with Gasteiger partial charge in [0.15, 0.2) is 11.5 Å². The lowest BCUT2D eigenvalue weighted by molar-refractivity contribution is -0.112. The molecule has 1 amide bonds. The van der Waals surface area contributed by atoms with Gasteiger partial charge >= 0.3 is 0 Å². The van der Waals surface area contributed by atoms with Crippen molar-refractivity contribution in [1.29, 1.82) is 5.26 Å². The molecule has 7 heteroatoms. The van der Waals surface area contributed by atoms with Crippen molar-refractivity contribution in [3.05, 3.63) is 87.9 Å². The van der Waals surface area contributed by atoms with Crippen molar-refractivity contribution < 1.29 is 14.3 Å². The Morgan fingerprint density at radius 1 is 1.12 bits per heavy atom. The third kappa shape index (κ3) is 6.37. The molecule has 0 aliphatic rings. The Balaban J connectivity index is 1.78. The van der Waals surface area contributed by atoms with Gasteiger partial charge in [-0.15, -0.1) is 0 Å². The molecule has 3 aromatic rings. The summed E-state index contributed by atoms with van der Waals surface area (Å²) >= 11 is 3.51. The number of ether oxygens (including phenoxy) is 2. The van der Waals surface area contributed by atoms with Crippen molar-refractivity contribution in [3.8, 4) is 17.6 Å². The van der Waals surface area contributed by atoms with E-state index >= 15 is 0 Å². The number of halogens is 1. The van der Waals surface area contributed by atoms with Gasteiger partial charge < -0.3 is 19.7 Å². The fraction of sp³-hybridized carbons (Fsp3) is 0.154. The highest BCUT2D eigenvalue weighted by Crippen LogP contribution is 2.37. The van der Waals surface area contributed by atoms with Crippen LogP contribution < -0.4 is 19.7 Å². The average Bonchev–Trinajstić information content (AvgIpc) is 2.82. The molecule has 1 N–H and O–H groups in total. The molecule has 0 saturated heterocycles. The fourth-order valence-corrected chi connectivity index (χ4v) is 3.62. The lowest BCUT2D eigenvalue weighted by Crippen LogP contribution is -2.14. The molecule has 0 saturated carbocycles. The minimum atomic E-state index is -0.491. The Bertz CT molecular complexity index is 1180. The Labute approximate surface area is 202 Å². The van der Waals surface area contributed by atoms with Crippen LogP contribution in [0.4, 0.5) is 11.4 Å². The van der Waals surface area contributed by atoms with Crippen molar-refractivity contribution in [2.75, 3.05) is 31.4 Å². The molecule has 168 valence electrons. The Kier molecular flexibility index (Phi) is 8.11. The zero-order valence-corrected chi connectivity index (χ0v) is 20.2. The van der Waals surface area contributed by atoms with Crippen molar-refractivity contribution in [1.82, 2.24) is 0 Å². The van der Waals surface area contributed by atoms with Gasteiger partial charge in [-0.1, -0.05) is 30.3 Å². The molecule has 0 radical (unpaired) electrons. The van der Waals surface area contributed by atoms with Crippen molar-refractivity contribution in [3.63, 3.8) is 0 Å². The highest BCUT2D eigenvalue weighted by Gasteiger charge is 2.14. The number of hydrogen-bond donors (Lipinski definition) is 1. The summed E-state index contributed by atoms with van der Waals surface area (Å²) in [6, 6.07) is 22.6. The van der Waals surface area contributed by atoms with E-state index in [0.717, 1.165) is 11.3 Å². The summed E-state index contributed by atoms with van der Waals surface area (Å²) in [6.07, 6.45) is 1.51. The van der Waals surface area contributed by atoms with Gasteiger partial charge in [0.2, 0.25) is 0 Å². The van der Waals surface area contributed by atoms with Gasteiger partial charge in [0.1, 0.15) is 18.2 Å². The van der Waals surface area contributed by atoms with Crippen LogP contribution in [0.25, 0.3) is 6.08 Å². The van der Waals surface area contributed by atoms with Crippen LogP contribution >= 0.6 is 15.9 Å².